The van der Waals surface area contributed by atoms with E-state index in [1.54, 1.807) is 0 Å². The Labute approximate surface area is 167 Å². The van der Waals surface area contributed by atoms with Gasteiger partial charge in [-0.15, -0.1) is 0 Å². The molecule has 2 saturated carbocycles. The number of hydrogen-bond donors (Lipinski definition) is 2. The largest absolute Gasteiger partial charge is 0.508 e. The molecule has 3 aliphatic rings. The summed E-state index contributed by atoms with van der Waals surface area (Å²) in [5, 5.41) is 20.0. The number of phenolic OH excluding ortho intramolecular Hbond substituents is 1. The summed E-state index contributed by atoms with van der Waals surface area (Å²) < 4.78 is 0. The van der Waals surface area contributed by atoms with Gasteiger partial charge in [-0.25, -0.2) is 0 Å². The maximum absolute atomic E-state index is 10.4. The molecule has 0 aromatic heterocycles. The van der Waals surface area contributed by atoms with Crippen molar-refractivity contribution >= 4 is 0 Å². The molecular formula is C18H24EuO2. The number of benzene rings is 1. The summed E-state index contributed by atoms with van der Waals surface area (Å²) in [4.78, 5) is 0. The maximum Gasteiger partial charge on any atom is 0.115 e. The Hall–Kier alpha value is 0.564. The average molecular weight is 424 g/mol. The van der Waals surface area contributed by atoms with Gasteiger partial charge < -0.3 is 10.2 Å². The molecule has 3 heteroatoms. The van der Waals surface area contributed by atoms with Gasteiger partial charge in [0.25, 0.3) is 0 Å². The second-order valence-corrected chi connectivity index (χ2v) is 7.44. The molecular weight excluding hydrogens is 400 g/mol. The molecule has 1 aromatic carbocycles. The van der Waals surface area contributed by atoms with Crippen LogP contribution in [-0.4, -0.2) is 16.3 Å². The zero-order valence-electron chi connectivity index (χ0n) is 12.6. The SMILES string of the molecule is C[C@]12CC[C@@H]3c4ccc(O)cc4CC[C@H]3[C@@H]1CC[C@@H]2O.[Eu]. The summed E-state index contributed by atoms with van der Waals surface area (Å²) in [6.07, 6.45) is 6.78. The van der Waals surface area contributed by atoms with Crippen molar-refractivity contribution in [3.63, 3.8) is 0 Å². The van der Waals surface area contributed by atoms with Crippen molar-refractivity contribution in [1.29, 1.82) is 0 Å². The van der Waals surface area contributed by atoms with E-state index < -0.39 is 0 Å². The van der Waals surface area contributed by atoms with Crippen molar-refractivity contribution in [1.82, 2.24) is 0 Å². The normalized spacial score (nSPS) is 40.7. The molecule has 0 amide bonds. The predicted molar refractivity (Wildman–Crippen MR) is 78.7 cm³/mol. The Balaban J connectivity index is 0.00000132. The topological polar surface area (TPSA) is 40.5 Å². The quantitative estimate of drug-likeness (QED) is 0.668. The summed E-state index contributed by atoms with van der Waals surface area (Å²) in [6.45, 7) is 2.32. The molecule has 0 spiro atoms. The molecule has 1 radical (unpaired) electrons. The smallest absolute Gasteiger partial charge is 0.115 e. The van der Waals surface area contributed by atoms with E-state index in [1.165, 1.54) is 30.4 Å². The van der Waals surface area contributed by atoms with Gasteiger partial charge in [-0.1, -0.05) is 13.0 Å². The first kappa shape index (κ1) is 16.4. The molecule has 0 heterocycles. The van der Waals surface area contributed by atoms with E-state index in [2.05, 4.69) is 13.0 Å². The Morgan fingerprint density at radius 2 is 1.95 bits per heavy atom. The Bertz CT molecular complexity index is 544. The van der Waals surface area contributed by atoms with Crippen LogP contribution in [0.4, 0.5) is 0 Å². The Kier molecular flexibility index (Phi) is 4.60. The molecule has 0 unspecified atom stereocenters. The van der Waals surface area contributed by atoms with Gasteiger partial charge >= 0.3 is 0 Å². The Morgan fingerprint density at radius 3 is 2.76 bits per heavy atom. The fourth-order valence-corrected chi connectivity index (χ4v) is 5.54. The van der Waals surface area contributed by atoms with Crippen molar-refractivity contribution < 1.29 is 59.6 Å². The molecule has 1 aromatic rings. The fourth-order valence-electron chi connectivity index (χ4n) is 5.54. The monoisotopic (exact) mass is 425 g/mol. The molecule has 4 rings (SSSR count). The van der Waals surface area contributed by atoms with Crippen molar-refractivity contribution in [2.24, 2.45) is 17.3 Å². The minimum Gasteiger partial charge on any atom is -0.508 e. The second-order valence-electron chi connectivity index (χ2n) is 7.44. The summed E-state index contributed by atoms with van der Waals surface area (Å²) >= 11 is 0. The zero-order valence-corrected chi connectivity index (χ0v) is 15.0. The predicted octanol–water partition coefficient (Wildman–Crippen LogP) is 3.61. The Morgan fingerprint density at radius 1 is 1.14 bits per heavy atom. The number of aromatic hydroxyl groups is 1. The third-order valence-electron chi connectivity index (χ3n) is 6.66. The van der Waals surface area contributed by atoms with E-state index in [0.29, 0.717) is 17.6 Å². The first-order chi connectivity index (χ1) is 9.59. The number of aliphatic hydroxyl groups is 1. The number of phenols is 1. The summed E-state index contributed by atoms with van der Waals surface area (Å²) in [7, 11) is 0. The summed E-state index contributed by atoms with van der Waals surface area (Å²) in [6, 6.07) is 5.96. The summed E-state index contributed by atoms with van der Waals surface area (Å²) in [5.74, 6) is 2.49. The van der Waals surface area contributed by atoms with Crippen LogP contribution in [0.3, 0.4) is 0 Å². The number of aryl methyl sites for hydroxylation is 1. The van der Waals surface area contributed by atoms with Gasteiger partial charge in [0.05, 0.1) is 6.10 Å². The van der Waals surface area contributed by atoms with Crippen molar-refractivity contribution in [2.45, 2.75) is 57.5 Å². The van der Waals surface area contributed by atoms with Crippen LogP contribution in [0.1, 0.15) is 56.1 Å². The van der Waals surface area contributed by atoms with Crippen molar-refractivity contribution in [2.75, 3.05) is 0 Å². The molecule has 2 N–H and O–H groups in total. The van der Waals surface area contributed by atoms with Crippen LogP contribution in [0.15, 0.2) is 18.2 Å². The van der Waals surface area contributed by atoms with Crippen LogP contribution in [-0.2, 0) is 6.42 Å². The van der Waals surface area contributed by atoms with E-state index in [1.807, 2.05) is 12.1 Å². The third kappa shape index (κ3) is 2.47. The maximum atomic E-state index is 10.4. The van der Waals surface area contributed by atoms with E-state index >= 15 is 0 Å². The van der Waals surface area contributed by atoms with Gasteiger partial charge in [-0.2, -0.15) is 0 Å². The standard InChI is InChI=1S/C18H24O2.Eu/c1-18-9-8-14-13-5-3-12(19)10-11(13)2-4-15(14)16(18)6-7-17(18)20;/h3,5,10,14-17,19-20H,2,4,6-9H2,1H3;/t14-,15-,16+,17+,18+;/m1./s1. The van der Waals surface area contributed by atoms with E-state index in [0.717, 1.165) is 25.2 Å². The van der Waals surface area contributed by atoms with Crippen LogP contribution in [0.2, 0.25) is 0 Å². The van der Waals surface area contributed by atoms with Gasteiger partial charge in [0.1, 0.15) is 5.75 Å². The minimum atomic E-state index is -0.0883. The van der Waals surface area contributed by atoms with Crippen LogP contribution in [0.25, 0.3) is 0 Å². The fraction of sp³-hybridized carbons (Fsp3) is 0.667. The molecule has 0 aliphatic heterocycles. The molecule has 0 saturated heterocycles. The average Bonchev–Trinajstić information content (AvgIpc) is 2.74. The number of aliphatic hydroxyl groups excluding tert-OH is 1. The van der Waals surface area contributed by atoms with Crippen molar-refractivity contribution in [3.8, 4) is 5.75 Å². The first-order valence-corrected chi connectivity index (χ1v) is 8.09. The molecule has 2 fully saturated rings. The van der Waals surface area contributed by atoms with Crippen LogP contribution in [0.5, 0.6) is 5.75 Å². The molecule has 115 valence electrons. The van der Waals surface area contributed by atoms with Crippen LogP contribution in [0, 0.1) is 66.6 Å². The zero-order chi connectivity index (χ0) is 13.9. The second kappa shape index (κ2) is 5.89. The van der Waals surface area contributed by atoms with Gasteiger partial charge in [0.2, 0.25) is 0 Å². The van der Waals surface area contributed by atoms with Gasteiger partial charge in [0, 0.05) is 49.4 Å². The van der Waals surface area contributed by atoms with E-state index in [9.17, 15) is 10.2 Å². The number of fused-ring (bicyclic) bond motifs is 5. The van der Waals surface area contributed by atoms with E-state index in [4.69, 9.17) is 0 Å². The van der Waals surface area contributed by atoms with Crippen LogP contribution >= 0.6 is 0 Å². The van der Waals surface area contributed by atoms with E-state index in [-0.39, 0.29) is 60.9 Å². The van der Waals surface area contributed by atoms with Crippen LogP contribution < -0.4 is 0 Å². The van der Waals surface area contributed by atoms with Gasteiger partial charge in [-0.3, -0.25) is 0 Å². The molecule has 3 aliphatic carbocycles. The summed E-state index contributed by atoms with van der Waals surface area (Å²) in [5.41, 5.74) is 2.99. The first-order valence-electron chi connectivity index (χ1n) is 8.09. The number of hydrogen-bond acceptors (Lipinski definition) is 2. The third-order valence-corrected chi connectivity index (χ3v) is 6.66. The molecule has 2 nitrogen and oxygen atoms in total. The molecule has 0 bridgehead atoms. The van der Waals surface area contributed by atoms with Crippen molar-refractivity contribution in [3.05, 3.63) is 29.3 Å². The van der Waals surface area contributed by atoms with Gasteiger partial charge in [0.15, 0.2) is 0 Å². The molecule has 5 atom stereocenters. The minimum absolute atomic E-state index is 0. The molecule has 21 heavy (non-hydrogen) atoms. The van der Waals surface area contributed by atoms with Gasteiger partial charge in [-0.05, 0) is 85.0 Å². The number of rotatable bonds is 0.